The molecule has 2 heterocycles. The van der Waals surface area contributed by atoms with Crippen LogP contribution in [0.25, 0.3) is 11.1 Å². The van der Waals surface area contributed by atoms with Gasteiger partial charge in [-0.3, -0.25) is 29.4 Å². The lowest BCUT2D eigenvalue weighted by Gasteiger charge is -2.35. The largest absolute Gasteiger partial charge is 0.382 e. The minimum absolute atomic E-state index is 0.00605. The summed E-state index contributed by atoms with van der Waals surface area (Å²) < 4.78 is 20.9. The van der Waals surface area contributed by atoms with Gasteiger partial charge in [0.2, 0.25) is 12.3 Å². The third-order valence-electron chi connectivity index (χ3n) is 12.0. The Morgan fingerprint density at radius 1 is 1.04 bits per heavy atom. The van der Waals surface area contributed by atoms with E-state index in [1.54, 1.807) is 6.92 Å². The molecule has 2 saturated carbocycles. The first-order valence-corrected chi connectivity index (χ1v) is 19.4. The molecular formula is C44H47FN6O5. The fraction of sp³-hybridized carbons (Fsp3) is 0.409. The number of carbonyl (C=O) groups is 4. The maximum atomic E-state index is 15.3. The van der Waals surface area contributed by atoms with E-state index in [1.807, 2.05) is 13.8 Å². The van der Waals surface area contributed by atoms with Gasteiger partial charge >= 0.3 is 0 Å². The lowest BCUT2D eigenvalue weighted by Crippen LogP contribution is -2.38. The summed E-state index contributed by atoms with van der Waals surface area (Å²) in [6.45, 7) is 9.00. The van der Waals surface area contributed by atoms with Gasteiger partial charge in [-0.05, 0) is 131 Å². The quantitative estimate of drug-likeness (QED) is 0.0963. The van der Waals surface area contributed by atoms with E-state index in [2.05, 4.69) is 76.1 Å². The first kappa shape index (κ1) is 38.4. The molecule has 4 amide bonds. The van der Waals surface area contributed by atoms with Gasteiger partial charge in [0.1, 0.15) is 11.6 Å². The van der Waals surface area contributed by atoms with Gasteiger partial charge in [0.05, 0.1) is 34.0 Å². The van der Waals surface area contributed by atoms with Gasteiger partial charge in [0.15, 0.2) is 0 Å². The molecule has 12 heteroatoms. The van der Waals surface area contributed by atoms with Crippen molar-refractivity contribution in [2.45, 2.75) is 90.5 Å². The third kappa shape index (κ3) is 7.55. The van der Waals surface area contributed by atoms with Crippen molar-refractivity contribution >= 4 is 41.2 Å². The number of carbonyl (C=O) groups excluding carboxylic acids is 4. The topological polar surface area (TPSA) is 149 Å². The number of amides is 4. The smallest absolute Gasteiger partial charge is 0.261 e. The summed E-state index contributed by atoms with van der Waals surface area (Å²) in [5.41, 5.74) is 7.25. The minimum atomic E-state index is -0.613. The molecule has 7 rings (SSSR count). The molecule has 2 aliphatic carbocycles. The molecule has 56 heavy (non-hydrogen) atoms. The third-order valence-corrected chi connectivity index (χ3v) is 12.0. The van der Waals surface area contributed by atoms with Crippen molar-refractivity contribution in [3.63, 3.8) is 0 Å². The summed E-state index contributed by atoms with van der Waals surface area (Å²) in [6, 6.07) is 19.4. The molecule has 3 aliphatic rings. The second-order valence-electron chi connectivity index (χ2n) is 15.8. The van der Waals surface area contributed by atoms with E-state index in [-0.39, 0.29) is 35.1 Å². The van der Waals surface area contributed by atoms with Crippen molar-refractivity contribution in [3.05, 3.63) is 94.1 Å². The number of hydrogen-bond acceptors (Lipinski definition) is 9. The number of rotatable bonds is 14. The van der Waals surface area contributed by atoms with Crippen LogP contribution in [-0.2, 0) is 15.0 Å². The van der Waals surface area contributed by atoms with Crippen LogP contribution in [0.5, 0.6) is 0 Å². The first-order valence-electron chi connectivity index (χ1n) is 19.4. The van der Waals surface area contributed by atoms with Gasteiger partial charge in [-0.15, -0.1) is 0 Å². The van der Waals surface area contributed by atoms with Crippen LogP contribution < -0.4 is 15.5 Å². The molecule has 4 aromatic rings. The van der Waals surface area contributed by atoms with Crippen molar-refractivity contribution in [2.75, 3.05) is 23.3 Å². The highest BCUT2D eigenvalue weighted by molar-refractivity contribution is 6.22. The maximum Gasteiger partial charge on any atom is 0.261 e. The van der Waals surface area contributed by atoms with Crippen molar-refractivity contribution in [3.8, 4) is 17.2 Å². The standard InChI is InChI=1S/C44H47FN6O5/c1-26-5-11-32(41-28(3)49-56-29(41)4)19-39(26)50(34-14-12-33(13-15-34)44(24-46)17-18-44)23-31-9-7-30(8-10-31)22-47-38-21-36-35(20-37(38)45)42(54)51(43(36)55)27(2)6-16-40(53)48-25-52/h5,11-15,19-21,25,27,30-31,47H,6-10,16-18,22-23H2,1-4H3,(H,48,52,53). The van der Waals surface area contributed by atoms with Crippen LogP contribution in [0.1, 0.15) is 102 Å². The number of fused-ring (bicyclic) bond motifs is 1. The van der Waals surface area contributed by atoms with E-state index in [0.717, 1.165) is 101 Å². The van der Waals surface area contributed by atoms with Crippen molar-refractivity contribution in [1.29, 1.82) is 5.26 Å². The molecule has 11 nitrogen and oxygen atoms in total. The number of anilines is 3. The van der Waals surface area contributed by atoms with Crippen LogP contribution in [0.2, 0.25) is 0 Å². The number of aromatic nitrogens is 1. The average molecular weight is 759 g/mol. The van der Waals surface area contributed by atoms with E-state index >= 15 is 4.39 Å². The van der Waals surface area contributed by atoms with E-state index < -0.39 is 29.6 Å². The fourth-order valence-electron chi connectivity index (χ4n) is 8.40. The summed E-state index contributed by atoms with van der Waals surface area (Å²) in [4.78, 5) is 52.1. The number of benzene rings is 3. The molecule has 2 N–H and O–H groups in total. The Balaban J connectivity index is 1.02. The van der Waals surface area contributed by atoms with E-state index in [1.165, 1.54) is 6.07 Å². The highest BCUT2D eigenvalue weighted by Gasteiger charge is 2.45. The summed E-state index contributed by atoms with van der Waals surface area (Å²) in [5.74, 6) is -0.754. The Bertz CT molecular complexity index is 2190. The number of nitriles is 1. The molecular weight excluding hydrogens is 712 g/mol. The molecule has 0 spiro atoms. The first-order chi connectivity index (χ1) is 26.9. The maximum absolute atomic E-state index is 15.3. The Kier molecular flexibility index (Phi) is 10.8. The highest BCUT2D eigenvalue weighted by atomic mass is 19.1. The Hall–Kier alpha value is -5.83. The number of halogens is 1. The van der Waals surface area contributed by atoms with Crippen LogP contribution in [-0.4, -0.2) is 53.3 Å². The SMILES string of the molecule is Cc1ccc(-c2c(C)noc2C)cc1N(CC1CCC(CNc2cc3c(cc2F)C(=O)N(C(C)CCC(=O)NC=O)C3=O)CC1)c1ccc(C2(C#N)CC2)cc1. The summed E-state index contributed by atoms with van der Waals surface area (Å²) in [7, 11) is 0. The van der Waals surface area contributed by atoms with Gasteiger partial charge in [0.25, 0.3) is 11.8 Å². The number of hydrogen-bond donors (Lipinski definition) is 2. The van der Waals surface area contributed by atoms with Gasteiger partial charge in [-0.2, -0.15) is 5.26 Å². The second kappa shape index (κ2) is 15.7. The van der Waals surface area contributed by atoms with E-state index in [4.69, 9.17) is 4.52 Å². The Morgan fingerprint density at radius 3 is 2.34 bits per heavy atom. The molecule has 0 radical (unpaired) electrons. The molecule has 1 aromatic heterocycles. The van der Waals surface area contributed by atoms with Gasteiger partial charge < -0.3 is 14.7 Å². The normalized spacial score (nSPS) is 18.9. The van der Waals surface area contributed by atoms with Crippen LogP contribution in [0.15, 0.2) is 59.1 Å². The number of nitrogens with zero attached hydrogens (tertiary/aromatic N) is 4. The summed E-state index contributed by atoms with van der Waals surface area (Å²) in [6.07, 6.45) is 6.07. The zero-order valence-electron chi connectivity index (χ0n) is 32.3. The van der Waals surface area contributed by atoms with E-state index in [0.29, 0.717) is 24.8 Å². The van der Waals surface area contributed by atoms with Gasteiger partial charge in [-0.1, -0.05) is 29.4 Å². The molecule has 0 bridgehead atoms. The summed E-state index contributed by atoms with van der Waals surface area (Å²) in [5, 5.41) is 19.3. The van der Waals surface area contributed by atoms with Crippen LogP contribution in [0.3, 0.4) is 0 Å². The zero-order valence-corrected chi connectivity index (χ0v) is 32.3. The van der Waals surface area contributed by atoms with Crippen molar-refractivity contribution < 1.29 is 28.1 Å². The van der Waals surface area contributed by atoms with E-state index in [9.17, 15) is 24.4 Å². The fourth-order valence-corrected chi connectivity index (χ4v) is 8.40. The predicted molar refractivity (Wildman–Crippen MR) is 210 cm³/mol. The Labute approximate surface area is 326 Å². The predicted octanol–water partition coefficient (Wildman–Crippen LogP) is 8.06. The zero-order chi connectivity index (χ0) is 39.7. The molecule has 1 unspecified atom stereocenters. The molecule has 1 atom stereocenters. The monoisotopic (exact) mass is 758 g/mol. The van der Waals surface area contributed by atoms with Crippen molar-refractivity contribution in [1.82, 2.24) is 15.4 Å². The van der Waals surface area contributed by atoms with Crippen LogP contribution in [0.4, 0.5) is 21.5 Å². The molecule has 1 aliphatic heterocycles. The van der Waals surface area contributed by atoms with Crippen molar-refractivity contribution in [2.24, 2.45) is 11.8 Å². The lowest BCUT2D eigenvalue weighted by molar-refractivity contribution is -0.125. The van der Waals surface area contributed by atoms with Gasteiger partial charge in [0, 0.05) is 42.5 Å². The molecule has 2 fully saturated rings. The molecule has 3 aromatic carbocycles. The average Bonchev–Trinajstić information content (AvgIpc) is 3.87. The second-order valence-corrected chi connectivity index (χ2v) is 15.8. The summed E-state index contributed by atoms with van der Waals surface area (Å²) >= 11 is 0. The number of nitrogens with one attached hydrogen (secondary N) is 2. The van der Waals surface area contributed by atoms with Crippen LogP contribution in [0, 0.1) is 49.8 Å². The lowest BCUT2D eigenvalue weighted by atomic mass is 9.81. The number of imide groups is 2. The molecule has 0 saturated heterocycles. The van der Waals surface area contributed by atoms with Gasteiger partial charge in [-0.25, -0.2) is 4.39 Å². The minimum Gasteiger partial charge on any atom is -0.382 e. The van der Waals surface area contributed by atoms with Crippen LogP contribution >= 0.6 is 0 Å². The molecule has 290 valence electrons. The highest BCUT2D eigenvalue weighted by Crippen LogP contribution is 2.48. The number of aryl methyl sites for hydroxylation is 3. The Morgan fingerprint density at radius 2 is 1.71 bits per heavy atom.